The Hall–Kier alpha value is -2.71. The highest BCUT2D eigenvalue weighted by molar-refractivity contribution is 6.33. The van der Waals surface area contributed by atoms with Crippen LogP contribution < -0.4 is 5.43 Å². The number of hydrazone groups is 1. The van der Waals surface area contributed by atoms with Gasteiger partial charge in [0.25, 0.3) is 0 Å². The van der Waals surface area contributed by atoms with Gasteiger partial charge in [-0.2, -0.15) is 10.4 Å². The van der Waals surface area contributed by atoms with Crippen LogP contribution in [0.15, 0.2) is 41.5 Å². The summed E-state index contributed by atoms with van der Waals surface area (Å²) in [4.78, 5) is 0. The van der Waals surface area contributed by atoms with Crippen molar-refractivity contribution in [2.75, 3.05) is 5.43 Å². The Morgan fingerprint density at radius 2 is 1.95 bits per heavy atom. The van der Waals surface area contributed by atoms with Gasteiger partial charge in [0.1, 0.15) is 0 Å². The maximum Gasteiger partial charge on any atom is 0.158 e. The van der Waals surface area contributed by atoms with Crippen LogP contribution in [-0.4, -0.2) is 16.4 Å². The molecule has 0 fully saturated rings. The van der Waals surface area contributed by atoms with E-state index in [-0.39, 0.29) is 11.5 Å². The van der Waals surface area contributed by atoms with Gasteiger partial charge in [0, 0.05) is 0 Å². The van der Waals surface area contributed by atoms with Crippen LogP contribution in [0.3, 0.4) is 0 Å². The van der Waals surface area contributed by atoms with Crippen molar-refractivity contribution in [3.8, 4) is 17.6 Å². The van der Waals surface area contributed by atoms with E-state index in [9.17, 15) is 10.2 Å². The van der Waals surface area contributed by atoms with E-state index in [0.29, 0.717) is 21.8 Å². The smallest absolute Gasteiger partial charge is 0.158 e. The van der Waals surface area contributed by atoms with Crippen molar-refractivity contribution >= 4 is 23.5 Å². The Kier molecular flexibility index (Phi) is 4.08. The van der Waals surface area contributed by atoms with E-state index < -0.39 is 0 Å². The summed E-state index contributed by atoms with van der Waals surface area (Å²) in [6, 6.07) is 11.1. The second-order valence-electron chi connectivity index (χ2n) is 3.92. The summed E-state index contributed by atoms with van der Waals surface area (Å²) >= 11 is 5.98. The lowest BCUT2D eigenvalue weighted by Gasteiger charge is -2.03. The van der Waals surface area contributed by atoms with Gasteiger partial charge >= 0.3 is 0 Å². The van der Waals surface area contributed by atoms with E-state index in [0.717, 1.165) is 0 Å². The summed E-state index contributed by atoms with van der Waals surface area (Å²) in [5, 5.41) is 31.6. The molecule has 0 heterocycles. The van der Waals surface area contributed by atoms with E-state index >= 15 is 0 Å². The van der Waals surface area contributed by atoms with Crippen LogP contribution in [0.25, 0.3) is 0 Å². The van der Waals surface area contributed by atoms with Crippen molar-refractivity contribution < 1.29 is 10.2 Å². The van der Waals surface area contributed by atoms with Crippen LogP contribution >= 0.6 is 11.6 Å². The molecule has 0 aliphatic rings. The second-order valence-corrected chi connectivity index (χ2v) is 4.33. The number of halogens is 1. The minimum absolute atomic E-state index is 0.190. The molecule has 0 aromatic heterocycles. The average molecular weight is 288 g/mol. The third-order valence-electron chi connectivity index (χ3n) is 2.50. The van der Waals surface area contributed by atoms with Gasteiger partial charge in [-0.3, -0.25) is 5.43 Å². The zero-order valence-corrected chi connectivity index (χ0v) is 11.0. The molecule has 2 aromatic rings. The zero-order valence-electron chi connectivity index (χ0n) is 10.2. The van der Waals surface area contributed by atoms with E-state index in [1.807, 2.05) is 6.07 Å². The van der Waals surface area contributed by atoms with E-state index in [4.69, 9.17) is 16.9 Å². The summed E-state index contributed by atoms with van der Waals surface area (Å²) in [6.45, 7) is 0. The van der Waals surface area contributed by atoms with Crippen molar-refractivity contribution in [1.29, 1.82) is 5.26 Å². The minimum atomic E-state index is -0.217. The molecule has 0 bridgehead atoms. The van der Waals surface area contributed by atoms with E-state index in [2.05, 4.69) is 10.5 Å². The molecule has 0 aliphatic carbocycles. The van der Waals surface area contributed by atoms with Crippen molar-refractivity contribution in [2.45, 2.75) is 0 Å². The second kappa shape index (κ2) is 5.95. The molecule has 0 unspecified atom stereocenters. The van der Waals surface area contributed by atoms with Crippen molar-refractivity contribution in [1.82, 2.24) is 0 Å². The number of aromatic hydroxyl groups is 2. The Bertz CT molecular complexity index is 708. The molecule has 0 aliphatic heterocycles. The molecule has 6 heteroatoms. The van der Waals surface area contributed by atoms with Crippen molar-refractivity contribution in [3.05, 3.63) is 52.5 Å². The number of hydrogen-bond acceptors (Lipinski definition) is 5. The number of nitriles is 1. The van der Waals surface area contributed by atoms with Crippen LogP contribution in [0.2, 0.25) is 5.02 Å². The fourth-order valence-corrected chi connectivity index (χ4v) is 1.70. The standard InChI is InChI=1S/C14H10ClN3O2/c15-11-5-9(7-16)1-3-12(11)18-17-8-10-2-4-13(19)14(20)6-10/h1-6,8,18-20H. The highest BCUT2D eigenvalue weighted by atomic mass is 35.5. The Morgan fingerprint density at radius 1 is 1.15 bits per heavy atom. The summed E-state index contributed by atoms with van der Waals surface area (Å²) in [6.07, 6.45) is 1.47. The van der Waals surface area contributed by atoms with Gasteiger partial charge in [-0.15, -0.1) is 0 Å². The third-order valence-corrected chi connectivity index (χ3v) is 2.81. The Balaban J connectivity index is 2.10. The Morgan fingerprint density at radius 3 is 2.60 bits per heavy atom. The molecule has 3 N–H and O–H groups in total. The molecule has 0 radical (unpaired) electrons. The normalized spacial score (nSPS) is 10.4. The first-order chi connectivity index (χ1) is 9.60. The summed E-state index contributed by atoms with van der Waals surface area (Å²) in [7, 11) is 0. The first-order valence-corrected chi connectivity index (χ1v) is 5.98. The highest BCUT2D eigenvalue weighted by Gasteiger charge is 2.01. The molecule has 2 rings (SSSR count). The molecule has 20 heavy (non-hydrogen) atoms. The summed E-state index contributed by atoms with van der Waals surface area (Å²) < 4.78 is 0. The van der Waals surface area contributed by atoms with Crippen LogP contribution in [0.4, 0.5) is 5.69 Å². The van der Waals surface area contributed by atoms with Gasteiger partial charge in [0.05, 0.1) is 28.6 Å². The van der Waals surface area contributed by atoms with Crippen LogP contribution in [0, 0.1) is 11.3 Å². The molecule has 5 nitrogen and oxygen atoms in total. The first kappa shape index (κ1) is 13.7. The lowest BCUT2D eigenvalue weighted by molar-refractivity contribution is 0.403. The first-order valence-electron chi connectivity index (χ1n) is 5.61. The van der Waals surface area contributed by atoms with Crippen molar-refractivity contribution in [2.24, 2.45) is 5.10 Å². The number of phenolic OH excluding ortho intramolecular Hbond substituents is 2. The van der Waals surface area contributed by atoms with Gasteiger partial charge in [-0.25, -0.2) is 0 Å². The quantitative estimate of drug-likeness (QED) is 0.460. The molecular formula is C14H10ClN3O2. The van der Waals surface area contributed by atoms with E-state index in [1.54, 1.807) is 18.2 Å². The number of nitrogens with zero attached hydrogens (tertiary/aromatic N) is 2. The van der Waals surface area contributed by atoms with Gasteiger partial charge in [0.15, 0.2) is 11.5 Å². The maximum atomic E-state index is 9.33. The predicted octanol–water partition coefficient (Wildman–Crippen LogP) is 3.07. The number of rotatable bonds is 3. The van der Waals surface area contributed by atoms with Gasteiger partial charge in [-0.05, 0) is 42.0 Å². The molecule has 0 atom stereocenters. The molecule has 0 spiro atoms. The number of phenols is 2. The number of nitrogens with one attached hydrogen (secondary N) is 1. The zero-order chi connectivity index (χ0) is 14.5. The maximum absolute atomic E-state index is 9.33. The lowest BCUT2D eigenvalue weighted by atomic mass is 10.2. The molecule has 0 saturated heterocycles. The largest absolute Gasteiger partial charge is 0.504 e. The number of anilines is 1. The van der Waals surface area contributed by atoms with Crippen LogP contribution in [0.1, 0.15) is 11.1 Å². The number of benzene rings is 2. The monoisotopic (exact) mass is 287 g/mol. The fourth-order valence-electron chi connectivity index (χ4n) is 1.47. The van der Waals surface area contributed by atoms with Crippen LogP contribution in [0.5, 0.6) is 11.5 Å². The third kappa shape index (κ3) is 3.19. The molecule has 0 saturated carbocycles. The van der Waals surface area contributed by atoms with Crippen molar-refractivity contribution in [3.63, 3.8) is 0 Å². The highest BCUT2D eigenvalue weighted by Crippen LogP contribution is 2.24. The van der Waals surface area contributed by atoms with Gasteiger partial charge < -0.3 is 10.2 Å². The molecule has 2 aromatic carbocycles. The minimum Gasteiger partial charge on any atom is -0.504 e. The van der Waals surface area contributed by atoms with Gasteiger partial charge in [-0.1, -0.05) is 11.6 Å². The molecular weight excluding hydrogens is 278 g/mol. The van der Waals surface area contributed by atoms with E-state index in [1.165, 1.54) is 24.4 Å². The molecule has 0 amide bonds. The summed E-state index contributed by atoms with van der Waals surface area (Å²) in [5.41, 5.74) is 4.37. The predicted molar refractivity (Wildman–Crippen MR) is 77.2 cm³/mol. The Labute approximate surface area is 120 Å². The lowest BCUT2D eigenvalue weighted by Crippen LogP contribution is -1.92. The fraction of sp³-hybridized carbons (Fsp3) is 0. The van der Waals surface area contributed by atoms with Gasteiger partial charge in [0.2, 0.25) is 0 Å². The topological polar surface area (TPSA) is 88.6 Å². The number of hydrogen-bond donors (Lipinski definition) is 3. The van der Waals surface area contributed by atoms with Crippen LogP contribution in [-0.2, 0) is 0 Å². The average Bonchev–Trinajstić information content (AvgIpc) is 2.44. The SMILES string of the molecule is N#Cc1ccc(NN=Cc2ccc(O)c(O)c2)c(Cl)c1. The summed E-state index contributed by atoms with van der Waals surface area (Å²) in [5.74, 6) is -0.407. The molecule has 100 valence electrons.